The van der Waals surface area contributed by atoms with Crippen molar-refractivity contribution in [2.24, 2.45) is 0 Å². The molecule has 2 heterocycles. The van der Waals surface area contributed by atoms with Crippen LogP contribution >= 0.6 is 0 Å². The van der Waals surface area contributed by atoms with Crippen LogP contribution < -0.4 is 19.5 Å². The number of H-pyrrole nitrogens is 1. The van der Waals surface area contributed by atoms with Gasteiger partial charge in [-0.3, -0.25) is 0 Å². The van der Waals surface area contributed by atoms with Crippen LogP contribution in [0.1, 0.15) is 5.56 Å². The summed E-state index contributed by atoms with van der Waals surface area (Å²) in [5, 5.41) is 3.29. The predicted molar refractivity (Wildman–Crippen MR) is 87.4 cm³/mol. The highest BCUT2D eigenvalue weighted by atomic mass is 16.6. The number of anilines is 1. The maximum Gasteiger partial charge on any atom is 0.201 e. The number of rotatable bonds is 4. The van der Waals surface area contributed by atoms with E-state index in [0.717, 1.165) is 33.8 Å². The van der Waals surface area contributed by atoms with Gasteiger partial charge in [-0.25, -0.2) is 4.98 Å². The predicted octanol–water partition coefficient (Wildman–Crippen LogP) is 2.95. The lowest BCUT2D eigenvalue weighted by atomic mass is 10.2. The minimum absolute atomic E-state index is 0.571. The molecule has 4 rings (SSSR count). The fourth-order valence-corrected chi connectivity index (χ4v) is 2.66. The second kappa shape index (κ2) is 5.72. The molecule has 23 heavy (non-hydrogen) atoms. The quantitative estimate of drug-likeness (QED) is 0.775. The molecule has 2 aromatic carbocycles. The van der Waals surface area contributed by atoms with Crippen LogP contribution in [0.4, 0.5) is 5.95 Å². The van der Waals surface area contributed by atoms with Crippen LogP contribution in [0, 0.1) is 0 Å². The van der Waals surface area contributed by atoms with Crippen LogP contribution in [0.2, 0.25) is 0 Å². The van der Waals surface area contributed by atoms with Crippen LogP contribution in [-0.4, -0.2) is 30.3 Å². The van der Waals surface area contributed by atoms with Crippen molar-refractivity contribution >= 4 is 17.0 Å². The van der Waals surface area contributed by atoms with Crippen molar-refractivity contribution in [3.05, 3.63) is 42.0 Å². The summed E-state index contributed by atoms with van der Waals surface area (Å²) in [5.74, 6) is 3.05. The summed E-state index contributed by atoms with van der Waals surface area (Å²) in [6, 6.07) is 11.7. The molecule has 1 aliphatic heterocycles. The Bertz CT molecular complexity index is 801. The highest BCUT2D eigenvalue weighted by molar-refractivity contribution is 5.81. The number of hydrogen-bond acceptors (Lipinski definition) is 5. The number of nitrogens with zero attached hydrogens (tertiary/aromatic N) is 1. The standard InChI is InChI=1S/C17H17N3O3/c1-21-14-5-3-2-4-11(14)10-18-17-19-12-8-15-16(9-13(12)20-17)23-7-6-22-15/h2-5,8-9H,6-7,10H2,1H3,(H2,18,19,20). The first-order chi connectivity index (χ1) is 11.3. The van der Waals surface area contributed by atoms with Crippen molar-refractivity contribution < 1.29 is 14.2 Å². The van der Waals surface area contributed by atoms with E-state index in [2.05, 4.69) is 15.3 Å². The summed E-state index contributed by atoms with van der Waals surface area (Å²) >= 11 is 0. The van der Waals surface area contributed by atoms with Gasteiger partial charge < -0.3 is 24.5 Å². The van der Waals surface area contributed by atoms with Crippen LogP contribution in [0.3, 0.4) is 0 Å². The number of nitrogens with one attached hydrogen (secondary N) is 2. The number of methoxy groups -OCH3 is 1. The third-order valence-corrected chi connectivity index (χ3v) is 3.78. The molecule has 118 valence electrons. The Balaban J connectivity index is 1.57. The molecule has 1 aromatic heterocycles. The average molecular weight is 311 g/mol. The van der Waals surface area contributed by atoms with Crippen molar-refractivity contribution in [3.8, 4) is 17.2 Å². The molecule has 1 aliphatic rings. The molecule has 0 bridgehead atoms. The van der Waals surface area contributed by atoms with Gasteiger partial charge in [-0.15, -0.1) is 0 Å². The third-order valence-electron chi connectivity index (χ3n) is 3.78. The molecule has 0 unspecified atom stereocenters. The molecule has 0 saturated carbocycles. The molecule has 0 aliphatic carbocycles. The number of imidazole rings is 1. The van der Waals surface area contributed by atoms with Gasteiger partial charge in [-0.2, -0.15) is 0 Å². The second-order valence-corrected chi connectivity index (χ2v) is 5.26. The van der Waals surface area contributed by atoms with Gasteiger partial charge in [0.2, 0.25) is 5.95 Å². The second-order valence-electron chi connectivity index (χ2n) is 5.26. The largest absolute Gasteiger partial charge is 0.496 e. The SMILES string of the molecule is COc1ccccc1CNc1nc2cc3c(cc2[nH]1)OCCO3. The average Bonchev–Trinajstić information content (AvgIpc) is 2.99. The molecule has 6 heteroatoms. The summed E-state index contributed by atoms with van der Waals surface area (Å²) in [6.45, 7) is 1.77. The number of aromatic nitrogens is 2. The van der Waals surface area contributed by atoms with Crippen LogP contribution in [0.5, 0.6) is 17.2 Å². The fourth-order valence-electron chi connectivity index (χ4n) is 2.66. The van der Waals surface area contributed by atoms with E-state index in [0.29, 0.717) is 25.7 Å². The normalized spacial score (nSPS) is 13.1. The van der Waals surface area contributed by atoms with Gasteiger partial charge in [0.05, 0.1) is 18.1 Å². The number of fused-ring (bicyclic) bond motifs is 2. The zero-order chi connectivity index (χ0) is 15.6. The Labute approximate surface area is 133 Å². The first-order valence-electron chi connectivity index (χ1n) is 7.48. The summed E-state index contributed by atoms with van der Waals surface area (Å²) in [6.07, 6.45) is 0. The molecule has 0 saturated heterocycles. The Morgan fingerprint density at radius 2 is 1.96 bits per heavy atom. The van der Waals surface area contributed by atoms with Crippen LogP contribution in [-0.2, 0) is 6.54 Å². The van der Waals surface area contributed by atoms with Crippen molar-refractivity contribution in [1.82, 2.24) is 9.97 Å². The van der Waals surface area contributed by atoms with Gasteiger partial charge in [-0.05, 0) is 6.07 Å². The van der Waals surface area contributed by atoms with E-state index in [4.69, 9.17) is 14.2 Å². The van der Waals surface area contributed by atoms with Gasteiger partial charge in [0.15, 0.2) is 11.5 Å². The Hall–Kier alpha value is -2.89. The topological polar surface area (TPSA) is 68.4 Å². The number of ether oxygens (including phenoxy) is 3. The van der Waals surface area contributed by atoms with Gasteiger partial charge in [-0.1, -0.05) is 18.2 Å². The molecule has 3 aromatic rings. The van der Waals surface area contributed by atoms with Gasteiger partial charge in [0.25, 0.3) is 0 Å². The zero-order valence-electron chi connectivity index (χ0n) is 12.8. The fraction of sp³-hybridized carbons (Fsp3) is 0.235. The highest BCUT2D eigenvalue weighted by Gasteiger charge is 2.14. The zero-order valence-corrected chi connectivity index (χ0v) is 12.8. The van der Waals surface area contributed by atoms with Crippen molar-refractivity contribution in [1.29, 1.82) is 0 Å². The molecule has 0 spiro atoms. The summed E-state index contributed by atoms with van der Waals surface area (Å²) < 4.78 is 16.5. The monoisotopic (exact) mass is 311 g/mol. The molecular weight excluding hydrogens is 294 g/mol. The molecular formula is C17H17N3O3. The molecule has 0 amide bonds. The number of para-hydroxylation sites is 1. The first-order valence-corrected chi connectivity index (χ1v) is 7.48. The van der Waals surface area contributed by atoms with E-state index < -0.39 is 0 Å². The summed E-state index contributed by atoms with van der Waals surface area (Å²) in [7, 11) is 1.67. The molecule has 0 radical (unpaired) electrons. The minimum Gasteiger partial charge on any atom is -0.496 e. The Kier molecular flexibility index (Phi) is 3.42. The lowest BCUT2D eigenvalue weighted by Crippen LogP contribution is -2.15. The van der Waals surface area contributed by atoms with Crippen LogP contribution in [0.15, 0.2) is 36.4 Å². The number of hydrogen-bond donors (Lipinski definition) is 2. The lowest BCUT2D eigenvalue weighted by Gasteiger charge is -2.17. The lowest BCUT2D eigenvalue weighted by molar-refractivity contribution is 0.172. The Morgan fingerprint density at radius 1 is 1.17 bits per heavy atom. The van der Waals surface area contributed by atoms with Gasteiger partial charge >= 0.3 is 0 Å². The third kappa shape index (κ3) is 2.63. The van der Waals surface area contributed by atoms with E-state index in [1.165, 1.54) is 0 Å². The minimum atomic E-state index is 0.571. The molecule has 2 N–H and O–H groups in total. The first kappa shape index (κ1) is 13.8. The number of aromatic amines is 1. The van der Waals surface area contributed by atoms with Crippen LogP contribution in [0.25, 0.3) is 11.0 Å². The number of benzene rings is 2. The maximum atomic E-state index is 5.59. The van der Waals surface area contributed by atoms with Gasteiger partial charge in [0.1, 0.15) is 19.0 Å². The van der Waals surface area contributed by atoms with Gasteiger partial charge in [0, 0.05) is 24.2 Å². The smallest absolute Gasteiger partial charge is 0.201 e. The van der Waals surface area contributed by atoms with Crippen molar-refractivity contribution in [3.63, 3.8) is 0 Å². The summed E-state index contributed by atoms with van der Waals surface area (Å²) in [5.41, 5.74) is 2.83. The van der Waals surface area contributed by atoms with Crippen molar-refractivity contribution in [2.75, 3.05) is 25.6 Å². The van der Waals surface area contributed by atoms with E-state index in [1.807, 2.05) is 36.4 Å². The maximum absolute atomic E-state index is 5.59. The molecule has 0 fully saturated rings. The van der Waals surface area contributed by atoms with E-state index in [9.17, 15) is 0 Å². The summed E-state index contributed by atoms with van der Waals surface area (Å²) in [4.78, 5) is 7.80. The highest BCUT2D eigenvalue weighted by Crippen LogP contribution is 2.34. The molecule has 6 nitrogen and oxygen atoms in total. The Morgan fingerprint density at radius 3 is 2.78 bits per heavy atom. The van der Waals surface area contributed by atoms with Crippen molar-refractivity contribution in [2.45, 2.75) is 6.54 Å². The molecule has 0 atom stereocenters. The van der Waals surface area contributed by atoms with E-state index in [1.54, 1.807) is 7.11 Å². The van der Waals surface area contributed by atoms with E-state index in [-0.39, 0.29) is 0 Å². The van der Waals surface area contributed by atoms with E-state index >= 15 is 0 Å².